The highest BCUT2D eigenvalue weighted by atomic mass is 32.2. The minimum Gasteiger partial charge on any atom is -0.476 e. The zero-order valence-corrected chi connectivity index (χ0v) is 20.0. The van der Waals surface area contributed by atoms with Gasteiger partial charge in [-0.15, -0.1) is 0 Å². The first-order valence-electron chi connectivity index (χ1n) is 10.8. The van der Waals surface area contributed by atoms with Crippen LogP contribution in [0.1, 0.15) is 18.3 Å². The number of nitrogens with zero attached hydrogens (tertiary/aromatic N) is 3. The van der Waals surface area contributed by atoms with Crippen molar-refractivity contribution in [1.29, 1.82) is 4.78 Å². The van der Waals surface area contributed by atoms with Crippen molar-refractivity contribution in [2.75, 3.05) is 11.2 Å². The lowest BCUT2D eigenvalue weighted by atomic mass is 10.0. The molecule has 0 bridgehead atoms. The van der Waals surface area contributed by atoms with Crippen LogP contribution in [0.3, 0.4) is 0 Å². The van der Waals surface area contributed by atoms with Crippen LogP contribution in [0.2, 0.25) is 0 Å². The Morgan fingerprint density at radius 1 is 1.14 bits per heavy atom. The van der Waals surface area contributed by atoms with Crippen molar-refractivity contribution in [3.05, 3.63) is 77.8 Å². The van der Waals surface area contributed by atoms with Crippen molar-refractivity contribution in [2.24, 2.45) is 0 Å². The molecule has 1 aliphatic rings. The molecule has 4 aromatic rings. The van der Waals surface area contributed by atoms with E-state index in [9.17, 15) is 13.4 Å². The number of aromatic nitrogens is 2. The van der Waals surface area contributed by atoms with Gasteiger partial charge in [0.05, 0.1) is 33.3 Å². The monoisotopic (exact) mass is 496 g/mol. The Morgan fingerprint density at radius 3 is 2.66 bits per heavy atom. The van der Waals surface area contributed by atoms with Gasteiger partial charge in [0.15, 0.2) is 17.7 Å². The second-order valence-corrected chi connectivity index (χ2v) is 10.7. The second-order valence-electron chi connectivity index (χ2n) is 8.58. The molecule has 35 heavy (non-hydrogen) atoms. The van der Waals surface area contributed by atoms with Gasteiger partial charge in [-0.3, -0.25) is 14.1 Å². The molecule has 0 fully saturated rings. The van der Waals surface area contributed by atoms with E-state index in [1.165, 1.54) is 29.5 Å². The van der Waals surface area contributed by atoms with Gasteiger partial charge in [-0.2, -0.15) is 0 Å². The van der Waals surface area contributed by atoms with Crippen LogP contribution >= 0.6 is 0 Å². The minimum atomic E-state index is -2.97. The van der Waals surface area contributed by atoms with E-state index in [1.54, 1.807) is 54.6 Å². The van der Waals surface area contributed by atoms with Gasteiger partial charge >= 0.3 is 0 Å². The Kier molecular flexibility index (Phi) is 5.36. The van der Waals surface area contributed by atoms with Crippen molar-refractivity contribution in [2.45, 2.75) is 31.4 Å². The van der Waals surface area contributed by atoms with E-state index in [1.807, 2.05) is 0 Å². The molecule has 7 nitrogen and oxygen atoms in total. The van der Waals surface area contributed by atoms with Crippen LogP contribution in [0.25, 0.3) is 16.8 Å². The van der Waals surface area contributed by atoms with Crippen molar-refractivity contribution >= 4 is 27.0 Å². The number of carbonyl (C=O) groups excluding carboxylic acids is 1. The Labute approximate surface area is 201 Å². The lowest BCUT2D eigenvalue weighted by Crippen LogP contribution is -2.44. The molecule has 2 atom stereocenters. The minimum absolute atomic E-state index is 0.0222. The highest BCUT2D eigenvalue weighted by Gasteiger charge is 2.35. The third kappa shape index (κ3) is 4.03. The topological polar surface area (TPSA) is 87.8 Å². The summed E-state index contributed by atoms with van der Waals surface area (Å²) in [6, 6.07) is 12.3. The molecule has 5 rings (SSSR count). The maximum Gasteiger partial charge on any atom is 0.268 e. The fourth-order valence-electron chi connectivity index (χ4n) is 4.23. The zero-order chi connectivity index (χ0) is 25.1. The molecule has 2 aromatic carbocycles. The van der Waals surface area contributed by atoms with Gasteiger partial charge in [0, 0.05) is 17.3 Å². The summed E-state index contributed by atoms with van der Waals surface area (Å²) in [4.78, 5) is 19.4. The van der Waals surface area contributed by atoms with E-state index in [-0.39, 0.29) is 23.9 Å². The van der Waals surface area contributed by atoms with E-state index in [0.29, 0.717) is 33.1 Å². The number of imidazole rings is 1. The number of carbonyl (C=O) groups is 1. The van der Waals surface area contributed by atoms with Crippen molar-refractivity contribution in [3.63, 3.8) is 0 Å². The van der Waals surface area contributed by atoms with Crippen LogP contribution in [-0.2, 0) is 21.1 Å². The van der Waals surface area contributed by atoms with Crippen molar-refractivity contribution in [3.8, 4) is 16.9 Å². The smallest absolute Gasteiger partial charge is 0.268 e. The summed E-state index contributed by atoms with van der Waals surface area (Å²) in [5.41, 5.74) is 2.93. The van der Waals surface area contributed by atoms with E-state index in [0.717, 1.165) is 0 Å². The van der Waals surface area contributed by atoms with Gasteiger partial charge in [0.25, 0.3) is 5.91 Å². The fourth-order valence-corrected chi connectivity index (χ4v) is 4.92. The average molecular weight is 497 g/mol. The Bertz CT molecular complexity index is 1610. The lowest BCUT2D eigenvalue weighted by Gasteiger charge is -2.33. The van der Waals surface area contributed by atoms with Crippen LogP contribution in [0.5, 0.6) is 5.75 Å². The standard InChI is InChI=1S/C25H22F2N4O3S/c1-14-22(30-12-18(26)7-8-23(30)29-14)13-31-21-11-17(10-20(27)24(21)34-15(2)25(31)32)16-5-4-6-19(9-16)35(3,28)33/h4-12,15,28H,13H2,1-3H3/t15-,35?/m1/s1. The van der Waals surface area contributed by atoms with Crippen LogP contribution in [0.15, 0.2) is 59.6 Å². The number of rotatable bonds is 4. The molecule has 1 aliphatic heterocycles. The molecule has 0 spiro atoms. The van der Waals surface area contributed by atoms with Crippen molar-refractivity contribution in [1.82, 2.24) is 9.38 Å². The van der Waals surface area contributed by atoms with Gasteiger partial charge in [0.2, 0.25) is 0 Å². The van der Waals surface area contributed by atoms with Crippen molar-refractivity contribution < 1.29 is 22.5 Å². The summed E-state index contributed by atoms with van der Waals surface area (Å²) >= 11 is 0. The number of pyridine rings is 1. The zero-order valence-electron chi connectivity index (χ0n) is 19.2. The molecule has 10 heteroatoms. The fraction of sp³-hybridized carbons (Fsp3) is 0.200. The molecule has 2 aromatic heterocycles. The second kappa shape index (κ2) is 8.16. The van der Waals surface area contributed by atoms with Gasteiger partial charge in [-0.25, -0.2) is 22.8 Å². The van der Waals surface area contributed by atoms with Gasteiger partial charge in [0.1, 0.15) is 11.5 Å². The first-order chi connectivity index (χ1) is 16.5. The third-order valence-corrected chi connectivity index (χ3v) is 7.18. The van der Waals surface area contributed by atoms with Gasteiger partial charge in [-0.1, -0.05) is 12.1 Å². The third-order valence-electron chi connectivity index (χ3n) is 6.03. The molecule has 0 saturated heterocycles. The quantitative estimate of drug-likeness (QED) is 0.434. The van der Waals surface area contributed by atoms with Gasteiger partial charge in [-0.05, 0) is 61.4 Å². The molecule has 0 aliphatic carbocycles. The Hall–Kier alpha value is -3.79. The normalized spacial score (nSPS) is 17.2. The first kappa shape index (κ1) is 23.0. The summed E-state index contributed by atoms with van der Waals surface area (Å²) in [6.45, 7) is 3.33. The molecule has 0 radical (unpaired) electrons. The number of aryl methyl sites for hydroxylation is 1. The number of anilines is 1. The largest absolute Gasteiger partial charge is 0.476 e. The number of amides is 1. The highest BCUT2D eigenvalue weighted by Crippen LogP contribution is 2.41. The molecule has 0 saturated carbocycles. The molecule has 1 amide bonds. The summed E-state index contributed by atoms with van der Waals surface area (Å²) in [6.07, 6.45) is 1.69. The predicted octanol–water partition coefficient (Wildman–Crippen LogP) is 4.94. The SMILES string of the molecule is Cc1nc2ccc(F)cn2c1CN1C(=O)[C@@H](C)Oc2c(F)cc(-c3cccc(S(C)(=N)=O)c3)cc21. The van der Waals surface area contributed by atoms with Crippen LogP contribution in [-0.4, -0.2) is 31.9 Å². The number of nitrogens with one attached hydrogen (secondary N) is 1. The van der Waals surface area contributed by atoms with Crippen LogP contribution < -0.4 is 9.64 Å². The highest BCUT2D eigenvalue weighted by molar-refractivity contribution is 7.91. The van der Waals surface area contributed by atoms with E-state index in [4.69, 9.17) is 9.52 Å². The number of halogens is 2. The summed E-state index contributed by atoms with van der Waals surface area (Å²) in [5.74, 6) is -1.55. The summed E-state index contributed by atoms with van der Waals surface area (Å²) < 4.78 is 56.5. The maximum atomic E-state index is 15.3. The van der Waals surface area contributed by atoms with E-state index >= 15 is 4.39 Å². The van der Waals surface area contributed by atoms with Gasteiger partial charge < -0.3 is 4.74 Å². The molecular formula is C25H22F2N4O3S. The summed E-state index contributed by atoms with van der Waals surface area (Å²) in [5, 5.41) is 0. The van der Waals surface area contributed by atoms with E-state index < -0.39 is 27.5 Å². The van der Waals surface area contributed by atoms with Crippen LogP contribution in [0.4, 0.5) is 14.5 Å². The number of fused-ring (bicyclic) bond motifs is 2. The molecule has 3 heterocycles. The molecule has 1 N–H and O–H groups in total. The van der Waals surface area contributed by atoms with E-state index in [2.05, 4.69) is 4.98 Å². The Morgan fingerprint density at radius 2 is 1.91 bits per heavy atom. The molecular weight excluding hydrogens is 474 g/mol. The summed E-state index contributed by atoms with van der Waals surface area (Å²) in [7, 11) is -2.97. The average Bonchev–Trinajstić information content (AvgIpc) is 3.11. The predicted molar refractivity (Wildman–Crippen MR) is 128 cm³/mol. The number of benzene rings is 2. The number of hydrogen-bond donors (Lipinski definition) is 1. The maximum absolute atomic E-state index is 15.3. The number of hydrogen-bond acceptors (Lipinski definition) is 5. The van der Waals surface area contributed by atoms with Crippen LogP contribution in [0, 0.1) is 23.3 Å². The molecule has 1 unspecified atom stereocenters. The molecule has 180 valence electrons. The Balaban J connectivity index is 1.65. The lowest BCUT2D eigenvalue weighted by molar-refractivity contribution is -0.125. The first-order valence-corrected chi connectivity index (χ1v) is 12.8. The number of ether oxygens (including phenoxy) is 1.